The quantitative estimate of drug-likeness (QED) is 0.0347. The fourth-order valence-electron chi connectivity index (χ4n) is 7.46. The van der Waals surface area contributed by atoms with Crippen molar-refractivity contribution >= 4 is 17.9 Å². The van der Waals surface area contributed by atoms with Gasteiger partial charge >= 0.3 is 17.9 Å². The Labute approximate surface area is 348 Å². The van der Waals surface area contributed by atoms with Crippen LogP contribution in [-0.4, -0.2) is 37.2 Å². The second-order valence-electron chi connectivity index (χ2n) is 18.1. The van der Waals surface area contributed by atoms with E-state index >= 15 is 0 Å². The zero-order chi connectivity index (χ0) is 41.2. The topological polar surface area (TPSA) is 78.9 Å². The monoisotopic (exact) mass is 793 g/mol. The average Bonchev–Trinajstić information content (AvgIpc) is 3.16. The minimum atomic E-state index is -0.761. The number of ether oxygens (including phenoxy) is 3. The summed E-state index contributed by atoms with van der Waals surface area (Å²) in [6.45, 7) is 11.3. The maximum atomic E-state index is 12.7. The third kappa shape index (κ3) is 43.5. The Kier molecular flexibility index (Phi) is 41.8. The predicted octanol–water partition coefficient (Wildman–Crippen LogP) is 15.8. The largest absolute Gasteiger partial charge is 0.462 e. The highest BCUT2D eigenvalue weighted by atomic mass is 16.6. The first-order valence-corrected chi connectivity index (χ1v) is 24.7. The van der Waals surface area contributed by atoms with Crippen molar-refractivity contribution in [1.29, 1.82) is 0 Å². The molecule has 0 spiro atoms. The van der Waals surface area contributed by atoms with Gasteiger partial charge in [-0.1, -0.05) is 234 Å². The third-order valence-electron chi connectivity index (χ3n) is 11.2. The van der Waals surface area contributed by atoms with Crippen molar-refractivity contribution < 1.29 is 28.6 Å². The molecule has 0 fully saturated rings. The van der Waals surface area contributed by atoms with Crippen LogP contribution in [0.5, 0.6) is 0 Å². The minimum Gasteiger partial charge on any atom is -0.462 e. The van der Waals surface area contributed by atoms with E-state index in [0.29, 0.717) is 19.3 Å². The Morgan fingerprint density at radius 2 is 0.589 bits per heavy atom. The van der Waals surface area contributed by atoms with Crippen molar-refractivity contribution in [3.8, 4) is 0 Å². The summed E-state index contributed by atoms with van der Waals surface area (Å²) in [5, 5.41) is 0. The molecule has 0 aliphatic carbocycles. The minimum absolute atomic E-state index is 0.0643. The Bertz CT molecular complexity index is 854. The van der Waals surface area contributed by atoms with E-state index in [1.165, 1.54) is 161 Å². The van der Waals surface area contributed by atoms with Gasteiger partial charge in [0, 0.05) is 19.3 Å². The van der Waals surface area contributed by atoms with E-state index in [1.807, 2.05) is 0 Å². The Morgan fingerprint density at radius 1 is 0.339 bits per heavy atom. The highest BCUT2D eigenvalue weighted by molar-refractivity contribution is 5.71. The van der Waals surface area contributed by atoms with Gasteiger partial charge in [-0.3, -0.25) is 14.4 Å². The van der Waals surface area contributed by atoms with Crippen molar-refractivity contribution in [1.82, 2.24) is 0 Å². The summed E-state index contributed by atoms with van der Waals surface area (Å²) >= 11 is 0. The third-order valence-corrected chi connectivity index (χ3v) is 11.2. The highest BCUT2D eigenvalue weighted by Gasteiger charge is 2.19. The van der Waals surface area contributed by atoms with Crippen molar-refractivity contribution in [3.63, 3.8) is 0 Å². The number of carbonyl (C=O) groups excluding carboxylic acids is 3. The van der Waals surface area contributed by atoms with Gasteiger partial charge in [-0.25, -0.2) is 0 Å². The van der Waals surface area contributed by atoms with Gasteiger partial charge in [0.05, 0.1) is 0 Å². The summed E-state index contributed by atoms with van der Waals surface area (Å²) in [6.07, 6.45) is 42.3. The first-order chi connectivity index (χ1) is 27.2. The zero-order valence-corrected chi connectivity index (χ0v) is 38.3. The van der Waals surface area contributed by atoms with Gasteiger partial charge in [-0.15, -0.1) is 0 Å². The van der Waals surface area contributed by atoms with Crippen LogP contribution in [0.2, 0.25) is 0 Å². The molecular formula is C50H96O6. The van der Waals surface area contributed by atoms with E-state index in [-0.39, 0.29) is 31.1 Å². The zero-order valence-electron chi connectivity index (χ0n) is 38.3. The molecule has 332 valence electrons. The molecule has 0 saturated carbocycles. The Morgan fingerprint density at radius 3 is 0.875 bits per heavy atom. The van der Waals surface area contributed by atoms with Gasteiger partial charge in [0.1, 0.15) is 13.2 Å². The molecule has 0 aliphatic heterocycles. The number of hydrogen-bond acceptors (Lipinski definition) is 6. The lowest BCUT2D eigenvalue weighted by molar-refractivity contribution is -0.167. The van der Waals surface area contributed by atoms with E-state index < -0.39 is 6.10 Å². The fourth-order valence-corrected chi connectivity index (χ4v) is 7.46. The average molecular weight is 793 g/mol. The number of unbranched alkanes of at least 4 members (excludes halogenated alkanes) is 29. The normalized spacial score (nSPS) is 12.1. The van der Waals surface area contributed by atoms with E-state index in [0.717, 1.165) is 69.6 Å². The molecule has 0 amide bonds. The molecule has 0 bridgehead atoms. The summed E-state index contributed by atoms with van der Waals surface area (Å²) < 4.78 is 16.8. The molecule has 0 N–H and O–H groups in total. The first kappa shape index (κ1) is 54.4. The fraction of sp³-hybridized carbons (Fsp3) is 0.940. The van der Waals surface area contributed by atoms with Crippen LogP contribution in [0.25, 0.3) is 0 Å². The number of carbonyl (C=O) groups is 3. The molecule has 6 nitrogen and oxygen atoms in total. The van der Waals surface area contributed by atoms with Gasteiger partial charge in [-0.2, -0.15) is 0 Å². The van der Waals surface area contributed by atoms with E-state index in [4.69, 9.17) is 14.2 Å². The predicted molar refractivity (Wildman–Crippen MR) is 238 cm³/mol. The molecule has 0 heterocycles. The molecule has 0 saturated heterocycles. The van der Waals surface area contributed by atoms with E-state index in [1.54, 1.807) is 0 Å². The molecule has 1 atom stereocenters. The molecule has 0 aromatic rings. The molecule has 6 heteroatoms. The summed E-state index contributed by atoms with van der Waals surface area (Å²) in [6, 6.07) is 0. The maximum absolute atomic E-state index is 12.7. The van der Waals surface area contributed by atoms with Gasteiger partial charge in [-0.05, 0) is 31.1 Å². The van der Waals surface area contributed by atoms with Gasteiger partial charge in [0.25, 0.3) is 0 Å². The van der Waals surface area contributed by atoms with Crippen LogP contribution in [-0.2, 0) is 28.6 Å². The second-order valence-corrected chi connectivity index (χ2v) is 18.1. The lowest BCUT2D eigenvalue weighted by Crippen LogP contribution is -2.30. The molecule has 0 unspecified atom stereocenters. The Balaban J connectivity index is 4.31. The smallest absolute Gasteiger partial charge is 0.306 e. The molecule has 0 radical (unpaired) electrons. The van der Waals surface area contributed by atoms with Gasteiger partial charge in [0.15, 0.2) is 6.10 Å². The van der Waals surface area contributed by atoms with Crippen LogP contribution in [0.15, 0.2) is 0 Å². The molecule has 56 heavy (non-hydrogen) atoms. The molecule has 0 rings (SSSR count). The van der Waals surface area contributed by atoms with Crippen LogP contribution in [0.4, 0.5) is 0 Å². The first-order valence-electron chi connectivity index (χ1n) is 24.7. The van der Waals surface area contributed by atoms with Crippen LogP contribution >= 0.6 is 0 Å². The van der Waals surface area contributed by atoms with Crippen LogP contribution < -0.4 is 0 Å². The standard InChI is InChI=1S/C50H96O6/c1-6-7-8-9-10-11-14-20-25-30-35-40-48(51)54-43-47(56-50(53)42-37-32-27-22-17-19-24-29-34-39-46(4)5)44-55-49(52)41-36-31-26-21-16-13-12-15-18-23-28-33-38-45(2)3/h45-47H,6-44H2,1-5H3/t47-/m0/s1. The number of esters is 3. The van der Waals surface area contributed by atoms with Crippen molar-refractivity contribution in [2.24, 2.45) is 11.8 Å². The van der Waals surface area contributed by atoms with Crippen molar-refractivity contribution in [3.05, 3.63) is 0 Å². The SMILES string of the molecule is CCCCCCCCCCCCCC(=O)OC[C@@H](COC(=O)CCCCCCCCCCCCCCC(C)C)OC(=O)CCCCCCCCCCCC(C)C. The van der Waals surface area contributed by atoms with E-state index in [9.17, 15) is 14.4 Å². The highest BCUT2D eigenvalue weighted by Crippen LogP contribution is 2.17. The number of rotatable bonds is 44. The van der Waals surface area contributed by atoms with Crippen molar-refractivity contribution in [2.75, 3.05) is 13.2 Å². The van der Waals surface area contributed by atoms with E-state index in [2.05, 4.69) is 34.6 Å². The summed E-state index contributed by atoms with van der Waals surface area (Å²) in [5.41, 5.74) is 0. The molecule has 0 aromatic carbocycles. The maximum Gasteiger partial charge on any atom is 0.306 e. The summed E-state index contributed by atoms with van der Waals surface area (Å²) in [5.74, 6) is 0.787. The van der Waals surface area contributed by atoms with Gasteiger partial charge in [0.2, 0.25) is 0 Å². The summed E-state index contributed by atoms with van der Waals surface area (Å²) in [7, 11) is 0. The Hall–Kier alpha value is -1.59. The van der Waals surface area contributed by atoms with Crippen molar-refractivity contribution in [2.45, 2.75) is 278 Å². The van der Waals surface area contributed by atoms with Gasteiger partial charge < -0.3 is 14.2 Å². The second kappa shape index (κ2) is 43.0. The lowest BCUT2D eigenvalue weighted by Gasteiger charge is -2.18. The molecule has 0 aliphatic rings. The molecular weight excluding hydrogens is 697 g/mol. The lowest BCUT2D eigenvalue weighted by atomic mass is 10.0. The van der Waals surface area contributed by atoms with Crippen LogP contribution in [0.1, 0.15) is 272 Å². The number of hydrogen-bond donors (Lipinski definition) is 0. The summed E-state index contributed by atoms with van der Waals surface area (Å²) in [4.78, 5) is 37.8. The van der Waals surface area contributed by atoms with Crippen LogP contribution in [0.3, 0.4) is 0 Å². The molecule has 0 aromatic heterocycles. The van der Waals surface area contributed by atoms with Crippen LogP contribution in [0, 0.1) is 11.8 Å².